The molecule has 0 spiro atoms. The number of nitrogens with zero attached hydrogens (tertiary/aromatic N) is 1. The summed E-state index contributed by atoms with van der Waals surface area (Å²) in [6.07, 6.45) is 7.84. The number of halogens is 2. The number of rotatable bonds is 8. The lowest BCUT2D eigenvalue weighted by molar-refractivity contribution is -0.113. The van der Waals surface area contributed by atoms with Crippen LogP contribution in [0.2, 0.25) is 5.15 Å². The van der Waals surface area contributed by atoms with Crippen molar-refractivity contribution in [1.29, 1.82) is 0 Å². The van der Waals surface area contributed by atoms with Crippen LogP contribution in [0.15, 0.2) is 36.5 Å². The molecule has 0 aliphatic rings. The maximum Gasteiger partial charge on any atom is 0.255 e. The number of unbranched alkanes of at least 4 members (excludes halogenated alkanes) is 1. The zero-order valence-corrected chi connectivity index (χ0v) is 16.8. The normalized spacial score (nSPS) is 9.97. The monoisotopic (exact) mass is 432 g/mol. The summed E-state index contributed by atoms with van der Waals surface area (Å²) in [4.78, 5) is 40.6. The second-order valence-electron chi connectivity index (χ2n) is 5.84. The first-order chi connectivity index (χ1) is 13.9. The van der Waals surface area contributed by atoms with Gasteiger partial charge >= 0.3 is 0 Å². The maximum atomic E-state index is 12.7. The third-order valence-corrected chi connectivity index (χ3v) is 4.20. The molecule has 0 bridgehead atoms. The molecule has 3 amide bonds. The maximum absolute atomic E-state index is 12.7. The minimum atomic E-state index is -0.525. The van der Waals surface area contributed by atoms with Crippen molar-refractivity contribution >= 4 is 52.3 Å². The third kappa shape index (κ3) is 6.79. The lowest BCUT2D eigenvalue weighted by atomic mass is 10.1. The standard InChI is InChI=1S/C20H18Cl2N4O3/c1-2-3-4-7-24-19(28)13-9-14(11-15(10-13)25-17(27)12-21)20(29)26-16-6-5-8-23-18(16)22/h1,5-6,8-11H,3-4,7,12H2,(H,24,28)(H,25,27)(H,26,29). The van der Waals surface area contributed by atoms with Crippen LogP contribution in [0.3, 0.4) is 0 Å². The number of nitrogens with one attached hydrogen (secondary N) is 3. The van der Waals surface area contributed by atoms with E-state index in [0.29, 0.717) is 25.1 Å². The number of anilines is 2. The molecular weight excluding hydrogens is 415 g/mol. The predicted molar refractivity (Wildman–Crippen MR) is 113 cm³/mol. The van der Waals surface area contributed by atoms with Crippen molar-refractivity contribution in [2.75, 3.05) is 23.1 Å². The molecule has 0 saturated heterocycles. The van der Waals surface area contributed by atoms with E-state index in [0.717, 1.165) is 0 Å². The molecule has 150 valence electrons. The van der Waals surface area contributed by atoms with Gasteiger partial charge in [0.1, 0.15) is 5.88 Å². The second-order valence-corrected chi connectivity index (χ2v) is 6.47. The van der Waals surface area contributed by atoms with Gasteiger partial charge in [0.25, 0.3) is 11.8 Å². The van der Waals surface area contributed by atoms with E-state index in [9.17, 15) is 14.4 Å². The average molecular weight is 433 g/mol. The van der Waals surface area contributed by atoms with Gasteiger partial charge < -0.3 is 16.0 Å². The Morgan fingerprint density at radius 1 is 1.10 bits per heavy atom. The molecule has 1 heterocycles. The Morgan fingerprint density at radius 3 is 2.48 bits per heavy atom. The molecule has 0 atom stereocenters. The summed E-state index contributed by atoms with van der Waals surface area (Å²) >= 11 is 11.5. The fourth-order valence-corrected chi connectivity index (χ4v) is 2.56. The SMILES string of the molecule is C#CCCCNC(=O)c1cc(NC(=O)CCl)cc(C(=O)Nc2cccnc2Cl)c1. The first-order valence-corrected chi connectivity index (χ1v) is 9.50. The minimum absolute atomic E-state index is 0.124. The molecule has 0 fully saturated rings. The predicted octanol–water partition coefficient (Wildman–Crippen LogP) is 3.31. The van der Waals surface area contributed by atoms with Gasteiger partial charge in [0, 0.05) is 36.0 Å². The number of terminal acetylenes is 1. The zero-order valence-electron chi connectivity index (χ0n) is 15.3. The molecule has 0 unspecified atom stereocenters. The Hall–Kier alpha value is -3.08. The first-order valence-electron chi connectivity index (χ1n) is 8.59. The van der Waals surface area contributed by atoms with Crippen LogP contribution in [0, 0.1) is 12.3 Å². The van der Waals surface area contributed by atoms with Crippen LogP contribution < -0.4 is 16.0 Å². The van der Waals surface area contributed by atoms with Crippen LogP contribution in [0.4, 0.5) is 11.4 Å². The first kappa shape index (κ1) is 22.2. The van der Waals surface area contributed by atoms with Crippen molar-refractivity contribution in [1.82, 2.24) is 10.3 Å². The second kappa shape index (κ2) is 11.1. The van der Waals surface area contributed by atoms with Gasteiger partial charge in [-0.25, -0.2) is 4.98 Å². The Balaban J connectivity index is 2.27. The minimum Gasteiger partial charge on any atom is -0.352 e. The number of pyridine rings is 1. The Labute approximate surface area is 178 Å². The largest absolute Gasteiger partial charge is 0.352 e. The van der Waals surface area contributed by atoms with Gasteiger partial charge in [-0.1, -0.05) is 11.6 Å². The van der Waals surface area contributed by atoms with Gasteiger partial charge in [0.05, 0.1) is 5.69 Å². The summed E-state index contributed by atoms with van der Waals surface area (Å²) in [5.41, 5.74) is 0.913. The van der Waals surface area contributed by atoms with E-state index >= 15 is 0 Å². The van der Waals surface area contributed by atoms with Crippen molar-refractivity contribution in [2.45, 2.75) is 12.8 Å². The molecule has 0 saturated carbocycles. The number of carbonyl (C=O) groups is 3. The van der Waals surface area contributed by atoms with E-state index in [1.807, 2.05) is 0 Å². The lowest BCUT2D eigenvalue weighted by Gasteiger charge is -2.12. The summed E-state index contributed by atoms with van der Waals surface area (Å²) < 4.78 is 0. The van der Waals surface area contributed by atoms with E-state index in [1.54, 1.807) is 12.1 Å². The summed E-state index contributed by atoms with van der Waals surface area (Å²) in [7, 11) is 0. The van der Waals surface area contributed by atoms with E-state index in [2.05, 4.69) is 26.9 Å². The van der Waals surface area contributed by atoms with Crippen LogP contribution in [0.1, 0.15) is 33.6 Å². The fraction of sp³-hybridized carbons (Fsp3) is 0.200. The van der Waals surface area contributed by atoms with Gasteiger partial charge in [0.2, 0.25) is 5.91 Å². The van der Waals surface area contributed by atoms with Crippen LogP contribution in [-0.2, 0) is 4.79 Å². The number of benzene rings is 1. The highest BCUT2D eigenvalue weighted by molar-refractivity contribution is 6.32. The Bertz CT molecular complexity index is 957. The number of alkyl halides is 1. The van der Waals surface area contributed by atoms with Gasteiger partial charge in [0.15, 0.2) is 5.15 Å². The fourth-order valence-electron chi connectivity index (χ4n) is 2.32. The van der Waals surface area contributed by atoms with Crippen LogP contribution in [-0.4, -0.2) is 35.1 Å². The molecule has 3 N–H and O–H groups in total. The molecule has 0 aliphatic heterocycles. The van der Waals surface area contributed by atoms with Crippen molar-refractivity contribution < 1.29 is 14.4 Å². The van der Waals surface area contributed by atoms with Crippen LogP contribution >= 0.6 is 23.2 Å². The molecule has 1 aromatic heterocycles. The third-order valence-electron chi connectivity index (χ3n) is 3.65. The molecule has 0 aliphatic carbocycles. The van der Waals surface area contributed by atoms with Gasteiger partial charge in [-0.2, -0.15) is 0 Å². The quantitative estimate of drug-likeness (QED) is 0.257. The molecule has 2 rings (SSSR count). The van der Waals surface area contributed by atoms with Gasteiger partial charge in [-0.15, -0.1) is 23.9 Å². The van der Waals surface area contributed by atoms with E-state index < -0.39 is 17.7 Å². The van der Waals surface area contributed by atoms with E-state index in [-0.39, 0.29) is 27.8 Å². The molecule has 2 aromatic rings. The number of carbonyl (C=O) groups excluding carboxylic acids is 3. The number of amides is 3. The number of hydrogen-bond acceptors (Lipinski definition) is 4. The van der Waals surface area contributed by atoms with E-state index in [4.69, 9.17) is 29.6 Å². The Kier molecular flexibility index (Phi) is 8.46. The number of aromatic nitrogens is 1. The lowest BCUT2D eigenvalue weighted by Crippen LogP contribution is -2.25. The summed E-state index contributed by atoms with van der Waals surface area (Å²) in [6, 6.07) is 7.50. The molecule has 1 aromatic carbocycles. The van der Waals surface area contributed by atoms with Gasteiger partial charge in [-0.05, 0) is 36.8 Å². The molecule has 9 heteroatoms. The molecule has 0 radical (unpaired) electrons. The average Bonchev–Trinajstić information content (AvgIpc) is 2.72. The number of hydrogen-bond donors (Lipinski definition) is 3. The van der Waals surface area contributed by atoms with Gasteiger partial charge in [-0.3, -0.25) is 14.4 Å². The molecular formula is C20H18Cl2N4O3. The summed E-state index contributed by atoms with van der Waals surface area (Å²) in [6.45, 7) is 0.383. The van der Waals surface area contributed by atoms with Crippen LogP contribution in [0.25, 0.3) is 0 Å². The van der Waals surface area contributed by atoms with E-state index in [1.165, 1.54) is 24.4 Å². The highest BCUT2D eigenvalue weighted by atomic mass is 35.5. The zero-order chi connectivity index (χ0) is 21.2. The molecule has 7 nitrogen and oxygen atoms in total. The Morgan fingerprint density at radius 2 is 1.83 bits per heavy atom. The summed E-state index contributed by atoms with van der Waals surface area (Å²) in [5, 5.41) is 8.00. The van der Waals surface area contributed by atoms with Crippen LogP contribution in [0.5, 0.6) is 0 Å². The smallest absolute Gasteiger partial charge is 0.255 e. The summed E-state index contributed by atoms with van der Waals surface area (Å²) in [5.74, 6) is 0.819. The van der Waals surface area contributed by atoms with Crippen molar-refractivity contribution in [2.24, 2.45) is 0 Å². The molecule has 29 heavy (non-hydrogen) atoms. The van der Waals surface area contributed by atoms with Crippen molar-refractivity contribution in [3.8, 4) is 12.3 Å². The van der Waals surface area contributed by atoms with Crippen molar-refractivity contribution in [3.63, 3.8) is 0 Å². The highest BCUT2D eigenvalue weighted by Gasteiger charge is 2.15. The van der Waals surface area contributed by atoms with Crippen molar-refractivity contribution in [3.05, 3.63) is 52.8 Å². The topological polar surface area (TPSA) is 100 Å². The highest BCUT2D eigenvalue weighted by Crippen LogP contribution is 2.21.